The van der Waals surface area contributed by atoms with E-state index in [4.69, 9.17) is 5.11 Å². The number of rotatable bonds is 1. The van der Waals surface area contributed by atoms with Gasteiger partial charge >= 0.3 is 5.97 Å². The number of carboxylic acids is 1. The van der Waals surface area contributed by atoms with Gasteiger partial charge in [0.25, 0.3) is 0 Å². The molecule has 1 aromatic rings. The Balaban J connectivity index is 2.99. The molecule has 11 heavy (non-hydrogen) atoms. The zero-order valence-corrected chi connectivity index (χ0v) is 5.81. The molecule has 0 amide bonds. The molecule has 5 nitrogen and oxygen atoms in total. The van der Waals surface area contributed by atoms with Crippen LogP contribution in [0, 0.1) is 0 Å². The highest BCUT2D eigenvalue weighted by Crippen LogP contribution is 1.94. The maximum Gasteiger partial charge on any atom is 0.356 e. The summed E-state index contributed by atoms with van der Waals surface area (Å²) in [7, 11) is 0. The van der Waals surface area contributed by atoms with Crippen molar-refractivity contribution in [1.29, 1.82) is 0 Å². The lowest BCUT2D eigenvalue weighted by atomic mass is 10.5. The molecule has 0 aliphatic heterocycles. The van der Waals surface area contributed by atoms with Crippen molar-refractivity contribution in [3.8, 4) is 0 Å². The third-order valence-corrected chi connectivity index (χ3v) is 1.13. The number of hydrogen-bond acceptors (Lipinski definition) is 3. The molecular weight excluding hydrogens is 148 g/mol. The fraction of sp³-hybridized carbons (Fsp3) is 0.167. The highest BCUT2D eigenvalue weighted by Gasteiger charge is 2.07. The summed E-state index contributed by atoms with van der Waals surface area (Å²) >= 11 is 0. The van der Waals surface area contributed by atoms with Crippen LogP contribution in [0.1, 0.15) is 22.2 Å². The van der Waals surface area contributed by atoms with Crippen LogP contribution in [-0.2, 0) is 0 Å². The fourth-order valence-corrected chi connectivity index (χ4v) is 0.613. The molecule has 0 aliphatic carbocycles. The first-order valence-electron chi connectivity index (χ1n) is 2.91. The van der Waals surface area contributed by atoms with Crippen molar-refractivity contribution in [3.63, 3.8) is 0 Å². The zero-order chi connectivity index (χ0) is 8.43. The molecule has 1 aromatic heterocycles. The van der Waals surface area contributed by atoms with Crippen molar-refractivity contribution < 1.29 is 14.7 Å². The molecule has 58 valence electrons. The van der Waals surface area contributed by atoms with Gasteiger partial charge in [0.1, 0.15) is 0 Å². The van der Waals surface area contributed by atoms with Crippen molar-refractivity contribution in [2.75, 3.05) is 0 Å². The normalized spacial score (nSPS) is 9.55. The van der Waals surface area contributed by atoms with Gasteiger partial charge in [-0.2, -0.15) is 5.10 Å². The Morgan fingerprint density at radius 2 is 2.27 bits per heavy atom. The van der Waals surface area contributed by atoms with Gasteiger partial charge in [-0.1, -0.05) is 0 Å². The molecular formula is C6H6N2O3. The highest BCUT2D eigenvalue weighted by atomic mass is 16.4. The van der Waals surface area contributed by atoms with E-state index in [1.807, 2.05) is 0 Å². The van der Waals surface area contributed by atoms with Crippen molar-refractivity contribution in [2.24, 2.45) is 0 Å². The number of carboxylic acid groups (broad SMARTS) is 1. The fourth-order valence-electron chi connectivity index (χ4n) is 0.613. The van der Waals surface area contributed by atoms with Gasteiger partial charge in [0.2, 0.25) is 5.91 Å². The summed E-state index contributed by atoms with van der Waals surface area (Å²) in [5.74, 6) is -1.44. The van der Waals surface area contributed by atoms with Crippen LogP contribution < -0.4 is 0 Å². The van der Waals surface area contributed by atoms with E-state index in [9.17, 15) is 9.59 Å². The average molecular weight is 154 g/mol. The van der Waals surface area contributed by atoms with Crippen LogP contribution in [-0.4, -0.2) is 26.8 Å². The Hall–Kier alpha value is -1.65. The number of aromatic carboxylic acids is 1. The summed E-state index contributed by atoms with van der Waals surface area (Å²) < 4.78 is 0.976. The summed E-state index contributed by atoms with van der Waals surface area (Å²) in [6, 6.07) is 1.27. The Kier molecular flexibility index (Phi) is 1.72. The minimum Gasteiger partial charge on any atom is -0.476 e. The Bertz CT molecular complexity index is 274. The second kappa shape index (κ2) is 2.53. The van der Waals surface area contributed by atoms with Gasteiger partial charge in [-0.3, -0.25) is 4.79 Å². The molecule has 1 rings (SSSR count). The Labute approximate surface area is 62.3 Å². The van der Waals surface area contributed by atoms with Crippen LogP contribution in [0.2, 0.25) is 0 Å². The molecule has 0 bridgehead atoms. The second-order valence-corrected chi connectivity index (χ2v) is 1.97. The number of aromatic nitrogens is 2. The Morgan fingerprint density at radius 3 is 2.55 bits per heavy atom. The van der Waals surface area contributed by atoms with E-state index < -0.39 is 5.97 Å². The van der Waals surface area contributed by atoms with Gasteiger partial charge < -0.3 is 5.11 Å². The predicted octanol–water partition coefficient (Wildman–Crippen LogP) is 0.241. The smallest absolute Gasteiger partial charge is 0.356 e. The molecule has 0 atom stereocenters. The third kappa shape index (κ3) is 1.43. The van der Waals surface area contributed by atoms with Gasteiger partial charge in [-0.25, -0.2) is 9.48 Å². The van der Waals surface area contributed by atoms with E-state index in [2.05, 4.69) is 5.10 Å². The summed E-state index contributed by atoms with van der Waals surface area (Å²) in [4.78, 5) is 20.8. The van der Waals surface area contributed by atoms with E-state index in [0.29, 0.717) is 0 Å². The summed E-state index contributed by atoms with van der Waals surface area (Å²) in [5, 5.41) is 11.9. The van der Waals surface area contributed by atoms with Crippen molar-refractivity contribution >= 4 is 11.9 Å². The zero-order valence-electron chi connectivity index (χ0n) is 5.81. The molecule has 1 N–H and O–H groups in total. The summed E-state index contributed by atoms with van der Waals surface area (Å²) in [6.45, 7) is 1.30. The van der Waals surface area contributed by atoms with E-state index >= 15 is 0 Å². The highest BCUT2D eigenvalue weighted by molar-refractivity contribution is 5.86. The maximum absolute atomic E-state index is 10.6. The largest absolute Gasteiger partial charge is 0.476 e. The van der Waals surface area contributed by atoms with Crippen LogP contribution in [0.25, 0.3) is 0 Å². The predicted molar refractivity (Wildman–Crippen MR) is 35.5 cm³/mol. The van der Waals surface area contributed by atoms with Crippen LogP contribution in [0.5, 0.6) is 0 Å². The SMILES string of the molecule is CC(=O)n1ccc(C(=O)O)n1. The molecule has 5 heteroatoms. The lowest BCUT2D eigenvalue weighted by molar-refractivity contribution is 0.0689. The van der Waals surface area contributed by atoms with E-state index in [-0.39, 0.29) is 11.6 Å². The lowest BCUT2D eigenvalue weighted by Crippen LogP contribution is -2.07. The van der Waals surface area contributed by atoms with Gasteiger partial charge in [-0.05, 0) is 6.07 Å². The summed E-state index contributed by atoms with van der Waals surface area (Å²) in [5.41, 5.74) is -0.125. The first kappa shape index (κ1) is 7.46. The topological polar surface area (TPSA) is 72.2 Å². The van der Waals surface area contributed by atoms with E-state index in [0.717, 1.165) is 4.68 Å². The average Bonchev–Trinajstić information content (AvgIpc) is 2.33. The standard InChI is InChI=1S/C6H6N2O3/c1-4(9)8-3-2-5(7-8)6(10)11/h2-3H,1H3,(H,10,11). The minimum atomic E-state index is -1.13. The Morgan fingerprint density at radius 1 is 1.64 bits per heavy atom. The molecule has 0 spiro atoms. The molecule has 0 radical (unpaired) electrons. The number of nitrogens with zero attached hydrogens (tertiary/aromatic N) is 2. The van der Waals surface area contributed by atoms with Gasteiger partial charge in [-0.15, -0.1) is 0 Å². The molecule has 1 heterocycles. The minimum absolute atomic E-state index is 0.125. The summed E-state index contributed by atoms with van der Waals surface area (Å²) in [6.07, 6.45) is 1.31. The maximum atomic E-state index is 10.6. The second-order valence-electron chi connectivity index (χ2n) is 1.97. The quantitative estimate of drug-likeness (QED) is 0.628. The molecule has 0 saturated carbocycles. The molecule has 0 unspecified atom stereocenters. The van der Waals surface area contributed by atoms with Crippen LogP contribution in [0.15, 0.2) is 12.3 Å². The van der Waals surface area contributed by atoms with Crippen LogP contribution in [0.3, 0.4) is 0 Å². The lowest BCUT2D eigenvalue weighted by Gasteiger charge is -1.89. The third-order valence-electron chi connectivity index (χ3n) is 1.13. The van der Waals surface area contributed by atoms with Crippen molar-refractivity contribution in [3.05, 3.63) is 18.0 Å². The van der Waals surface area contributed by atoms with E-state index in [1.54, 1.807) is 0 Å². The monoisotopic (exact) mass is 154 g/mol. The van der Waals surface area contributed by atoms with Crippen LogP contribution >= 0.6 is 0 Å². The van der Waals surface area contributed by atoms with Gasteiger partial charge in [0.05, 0.1) is 0 Å². The first-order valence-corrected chi connectivity index (χ1v) is 2.91. The first-order chi connectivity index (χ1) is 5.11. The number of carbonyl (C=O) groups is 2. The van der Waals surface area contributed by atoms with Crippen molar-refractivity contribution in [2.45, 2.75) is 6.92 Å². The number of carbonyl (C=O) groups excluding carboxylic acids is 1. The molecule has 0 aliphatic rings. The van der Waals surface area contributed by atoms with Gasteiger partial charge in [0, 0.05) is 13.1 Å². The van der Waals surface area contributed by atoms with Crippen molar-refractivity contribution in [1.82, 2.24) is 9.78 Å². The molecule has 0 saturated heterocycles. The van der Waals surface area contributed by atoms with Crippen LogP contribution in [0.4, 0.5) is 0 Å². The molecule has 0 fully saturated rings. The van der Waals surface area contributed by atoms with Gasteiger partial charge in [0.15, 0.2) is 5.69 Å². The number of hydrogen-bond donors (Lipinski definition) is 1. The molecule has 0 aromatic carbocycles. The van der Waals surface area contributed by atoms with E-state index in [1.165, 1.54) is 19.2 Å².